The van der Waals surface area contributed by atoms with Gasteiger partial charge in [0.25, 0.3) is 0 Å². The maximum Gasteiger partial charge on any atom is 0.191 e. The van der Waals surface area contributed by atoms with E-state index in [1.807, 2.05) is 11.8 Å². The third-order valence-corrected chi connectivity index (χ3v) is 4.20. The summed E-state index contributed by atoms with van der Waals surface area (Å²) in [4.78, 5) is 7.95. The van der Waals surface area contributed by atoms with Crippen LogP contribution >= 0.6 is 11.8 Å². The lowest BCUT2D eigenvalue weighted by molar-refractivity contribution is 0.806. The van der Waals surface area contributed by atoms with Crippen LogP contribution < -0.4 is 10.6 Å². The second-order valence-corrected chi connectivity index (χ2v) is 6.23. The molecule has 0 saturated carbocycles. The molecule has 3 N–H and O–H groups in total. The minimum atomic E-state index is 0.850. The number of nitrogens with one attached hydrogen (secondary N) is 3. The smallest absolute Gasteiger partial charge is 0.191 e. The van der Waals surface area contributed by atoms with E-state index in [0.29, 0.717) is 0 Å². The molecule has 1 aromatic carbocycles. The number of aliphatic imine (C=N–C) groups is 1. The Morgan fingerprint density at radius 1 is 1.32 bits per heavy atom. The lowest BCUT2D eigenvalue weighted by Gasteiger charge is -2.11. The molecule has 0 aliphatic rings. The number of para-hydroxylation sites is 1. The van der Waals surface area contributed by atoms with Gasteiger partial charge >= 0.3 is 0 Å². The Labute approximate surface area is 137 Å². The van der Waals surface area contributed by atoms with Crippen LogP contribution in [-0.4, -0.2) is 42.6 Å². The normalized spacial score (nSPS) is 11.9. The van der Waals surface area contributed by atoms with Crippen LogP contribution in [0, 0.1) is 6.92 Å². The van der Waals surface area contributed by atoms with Crippen LogP contribution in [0.5, 0.6) is 0 Å². The van der Waals surface area contributed by atoms with E-state index in [1.165, 1.54) is 22.0 Å². The second-order valence-electron chi connectivity index (χ2n) is 5.24. The first-order valence-electron chi connectivity index (χ1n) is 7.83. The molecule has 0 unspecified atom stereocenters. The van der Waals surface area contributed by atoms with Gasteiger partial charge in [0.15, 0.2) is 5.96 Å². The van der Waals surface area contributed by atoms with Crippen molar-refractivity contribution in [3.8, 4) is 0 Å². The van der Waals surface area contributed by atoms with Gasteiger partial charge in [-0.1, -0.05) is 18.2 Å². The Hall–Kier alpha value is -1.62. The zero-order valence-electron chi connectivity index (χ0n) is 13.7. The lowest BCUT2D eigenvalue weighted by Crippen LogP contribution is -2.38. The molecular formula is C17H26N4S. The van der Waals surface area contributed by atoms with Crippen LogP contribution in [-0.2, 0) is 6.42 Å². The van der Waals surface area contributed by atoms with Gasteiger partial charge in [-0.05, 0) is 37.7 Å². The third-order valence-electron chi connectivity index (χ3n) is 3.61. The average molecular weight is 318 g/mol. The molecule has 0 bridgehead atoms. The van der Waals surface area contributed by atoms with Gasteiger partial charge in [0, 0.05) is 35.9 Å². The molecule has 1 heterocycles. The SMILES string of the molecule is CCNC(=NCCSC)NCCc1c[nH]c2c(C)cccc12. The standard InChI is InChI=1S/C17H26N4S/c1-4-18-17(20-10-11-22-3)19-9-8-14-12-21-16-13(2)6-5-7-15(14)16/h5-7,12,21H,4,8-11H2,1-3H3,(H2,18,19,20). The third kappa shape index (κ3) is 4.44. The highest BCUT2D eigenvalue weighted by molar-refractivity contribution is 7.98. The number of rotatable bonds is 7. The Morgan fingerprint density at radius 3 is 2.95 bits per heavy atom. The zero-order valence-corrected chi connectivity index (χ0v) is 14.5. The molecule has 2 aromatic rings. The van der Waals surface area contributed by atoms with Crippen LogP contribution in [0.2, 0.25) is 0 Å². The molecule has 0 radical (unpaired) electrons. The molecule has 0 fully saturated rings. The lowest BCUT2D eigenvalue weighted by atomic mass is 10.1. The molecule has 0 aliphatic carbocycles. The minimum Gasteiger partial charge on any atom is -0.361 e. The minimum absolute atomic E-state index is 0.850. The topological polar surface area (TPSA) is 52.2 Å². The Balaban J connectivity index is 1.93. The van der Waals surface area contributed by atoms with Crippen LogP contribution in [0.25, 0.3) is 10.9 Å². The van der Waals surface area contributed by atoms with Crippen molar-refractivity contribution in [2.24, 2.45) is 4.99 Å². The van der Waals surface area contributed by atoms with Crippen molar-refractivity contribution >= 4 is 28.6 Å². The molecule has 2 rings (SSSR count). The van der Waals surface area contributed by atoms with Gasteiger partial charge in [-0.3, -0.25) is 4.99 Å². The van der Waals surface area contributed by atoms with Crippen molar-refractivity contribution in [3.63, 3.8) is 0 Å². The number of aromatic amines is 1. The summed E-state index contributed by atoms with van der Waals surface area (Å²) in [6, 6.07) is 6.45. The Bertz CT molecular complexity index is 618. The zero-order chi connectivity index (χ0) is 15.8. The first kappa shape index (κ1) is 16.7. The highest BCUT2D eigenvalue weighted by atomic mass is 32.2. The van der Waals surface area contributed by atoms with E-state index in [1.54, 1.807) is 0 Å². The summed E-state index contributed by atoms with van der Waals surface area (Å²) in [5.74, 6) is 1.96. The van der Waals surface area contributed by atoms with Gasteiger partial charge < -0.3 is 15.6 Å². The van der Waals surface area contributed by atoms with E-state index in [2.05, 4.69) is 65.1 Å². The predicted octanol–water partition coefficient (Wildman–Crippen LogP) is 2.94. The van der Waals surface area contributed by atoms with Crippen molar-refractivity contribution < 1.29 is 0 Å². The molecule has 120 valence electrons. The maximum absolute atomic E-state index is 4.56. The van der Waals surface area contributed by atoms with E-state index >= 15 is 0 Å². The number of benzene rings is 1. The summed E-state index contributed by atoms with van der Waals surface area (Å²) in [6.07, 6.45) is 5.21. The van der Waals surface area contributed by atoms with Crippen LogP contribution in [0.15, 0.2) is 29.4 Å². The van der Waals surface area contributed by atoms with E-state index in [0.717, 1.165) is 37.8 Å². The quantitative estimate of drug-likeness (QED) is 0.418. The molecule has 0 aliphatic heterocycles. The predicted molar refractivity (Wildman–Crippen MR) is 99.1 cm³/mol. The molecular weight excluding hydrogens is 292 g/mol. The van der Waals surface area contributed by atoms with Crippen molar-refractivity contribution in [1.82, 2.24) is 15.6 Å². The monoisotopic (exact) mass is 318 g/mol. The number of H-pyrrole nitrogens is 1. The Morgan fingerprint density at radius 2 is 2.18 bits per heavy atom. The molecule has 0 amide bonds. The average Bonchev–Trinajstić information content (AvgIpc) is 2.92. The number of hydrogen-bond donors (Lipinski definition) is 3. The Kier molecular flexibility index (Phi) is 6.65. The van der Waals surface area contributed by atoms with E-state index in [9.17, 15) is 0 Å². The molecule has 5 heteroatoms. The summed E-state index contributed by atoms with van der Waals surface area (Å²) in [5, 5.41) is 8.03. The summed E-state index contributed by atoms with van der Waals surface area (Å²) in [5.41, 5.74) is 3.90. The fraction of sp³-hybridized carbons (Fsp3) is 0.471. The van der Waals surface area contributed by atoms with Crippen molar-refractivity contribution in [2.75, 3.05) is 31.6 Å². The number of aryl methyl sites for hydroxylation is 1. The summed E-state index contributed by atoms with van der Waals surface area (Å²) in [7, 11) is 0. The summed E-state index contributed by atoms with van der Waals surface area (Å²) >= 11 is 1.82. The number of fused-ring (bicyclic) bond motifs is 1. The van der Waals surface area contributed by atoms with Gasteiger partial charge in [-0.25, -0.2) is 0 Å². The van der Waals surface area contributed by atoms with Gasteiger partial charge in [0.05, 0.1) is 6.54 Å². The fourth-order valence-electron chi connectivity index (χ4n) is 2.48. The van der Waals surface area contributed by atoms with Crippen LogP contribution in [0.1, 0.15) is 18.1 Å². The first-order valence-corrected chi connectivity index (χ1v) is 9.22. The first-order chi connectivity index (χ1) is 10.8. The van der Waals surface area contributed by atoms with Crippen molar-refractivity contribution in [2.45, 2.75) is 20.3 Å². The van der Waals surface area contributed by atoms with Crippen molar-refractivity contribution in [3.05, 3.63) is 35.5 Å². The van der Waals surface area contributed by atoms with E-state index < -0.39 is 0 Å². The summed E-state index contributed by atoms with van der Waals surface area (Å²) in [6.45, 7) is 6.85. The van der Waals surface area contributed by atoms with Crippen LogP contribution in [0.3, 0.4) is 0 Å². The van der Waals surface area contributed by atoms with E-state index in [-0.39, 0.29) is 0 Å². The number of nitrogens with zero attached hydrogens (tertiary/aromatic N) is 1. The molecule has 0 atom stereocenters. The number of thioether (sulfide) groups is 1. The van der Waals surface area contributed by atoms with E-state index in [4.69, 9.17) is 0 Å². The molecule has 0 saturated heterocycles. The van der Waals surface area contributed by atoms with Crippen molar-refractivity contribution in [1.29, 1.82) is 0 Å². The highest BCUT2D eigenvalue weighted by Gasteiger charge is 2.05. The fourth-order valence-corrected chi connectivity index (χ4v) is 2.75. The largest absolute Gasteiger partial charge is 0.361 e. The maximum atomic E-state index is 4.56. The number of aromatic nitrogens is 1. The molecule has 0 spiro atoms. The van der Waals surface area contributed by atoms with Gasteiger partial charge in [-0.2, -0.15) is 11.8 Å². The number of guanidine groups is 1. The number of hydrogen-bond acceptors (Lipinski definition) is 2. The second kappa shape index (κ2) is 8.73. The van der Waals surface area contributed by atoms with Gasteiger partial charge in [-0.15, -0.1) is 0 Å². The highest BCUT2D eigenvalue weighted by Crippen LogP contribution is 2.21. The molecule has 22 heavy (non-hydrogen) atoms. The van der Waals surface area contributed by atoms with Crippen LogP contribution in [0.4, 0.5) is 0 Å². The molecule has 4 nitrogen and oxygen atoms in total. The van der Waals surface area contributed by atoms with Gasteiger partial charge in [0.1, 0.15) is 0 Å². The summed E-state index contributed by atoms with van der Waals surface area (Å²) < 4.78 is 0. The molecule has 1 aromatic heterocycles. The van der Waals surface area contributed by atoms with Gasteiger partial charge in [0.2, 0.25) is 0 Å².